The number of carbonyl (C=O) groups excluding carboxylic acids is 2. The van der Waals surface area contributed by atoms with E-state index in [4.69, 9.17) is 9.72 Å². The highest BCUT2D eigenvalue weighted by Crippen LogP contribution is 2.41. The molecule has 0 spiro atoms. The average molecular weight is 636 g/mol. The first-order chi connectivity index (χ1) is 22.9. The van der Waals surface area contributed by atoms with Crippen LogP contribution in [0, 0.1) is 11.8 Å². The quantitative estimate of drug-likeness (QED) is 0.252. The van der Waals surface area contributed by atoms with Crippen molar-refractivity contribution in [3.63, 3.8) is 0 Å². The number of hydrogen-bond acceptors (Lipinski definition) is 7. The zero-order chi connectivity index (χ0) is 32.2. The highest BCUT2D eigenvalue weighted by molar-refractivity contribution is 6.00. The second-order valence-electron chi connectivity index (χ2n) is 13.6. The number of hydrogen-bond donors (Lipinski definition) is 1. The van der Waals surface area contributed by atoms with Gasteiger partial charge in [0, 0.05) is 56.6 Å². The number of benzene rings is 2. The van der Waals surface area contributed by atoms with Crippen LogP contribution in [0.1, 0.15) is 66.7 Å². The molecule has 1 saturated carbocycles. The van der Waals surface area contributed by atoms with E-state index in [-0.39, 0.29) is 24.2 Å². The van der Waals surface area contributed by atoms with Crippen LogP contribution in [-0.2, 0) is 24.8 Å². The van der Waals surface area contributed by atoms with Crippen molar-refractivity contribution in [2.45, 2.75) is 57.9 Å². The molecule has 3 aromatic heterocycles. The number of carbonyl (C=O) groups is 2. The minimum atomic E-state index is 0.0259. The molecule has 0 bridgehead atoms. The van der Waals surface area contributed by atoms with Gasteiger partial charge in [-0.3, -0.25) is 9.59 Å². The second kappa shape index (κ2) is 11.8. The molecule has 8 rings (SSSR count). The van der Waals surface area contributed by atoms with Crippen molar-refractivity contribution in [3.8, 4) is 17.3 Å². The summed E-state index contributed by atoms with van der Waals surface area (Å²) in [6, 6.07) is 12.6. The number of H-pyrrole nitrogens is 1. The first-order valence-corrected chi connectivity index (χ1v) is 16.9. The molecule has 47 heavy (non-hydrogen) atoms. The predicted molar refractivity (Wildman–Crippen MR) is 177 cm³/mol. The van der Waals surface area contributed by atoms with Crippen LogP contribution in [0.2, 0.25) is 0 Å². The molecule has 3 fully saturated rings. The number of aryl methyl sites for hydroxylation is 1. The number of piperidine rings is 1. The summed E-state index contributed by atoms with van der Waals surface area (Å²) in [5, 5.41) is 14.9. The van der Waals surface area contributed by atoms with Gasteiger partial charge in [-0.05, 0) is 71.7 Å². The maximum absolute atomic E-state index is 13.7. The predicted octanol–water partition coefficient (Wildman–Crippen LogP) is 4.56. The minimum Gasteiger partial charge on any atom is -0.494 e. The van der Waals surface area contributed by atoms with E-state index in [1.165, 1.54) is 35.7 Å². The Bertz CT molecular complexity index is 1970. The summed E-state index contributed by atoms with van der Waals surface area (Å²) in [7, 11) is 3.69. The Morgan fingerprint density at radius 1 is 1.02 bits per heavy atom. The van der Waals surface area contributed by atoms with E-state index in [0.29, 0.717) is 42.1 Å². The topological polar surface area (TPSA) is 127 Å². The zero-order valence-electron chi connectivity index (χ0n) is 27.3. The van der Waals surface area contributed by atoms with Gasteiger partial charge in [0.05, 0.1) is 30.3 Å². The lowest BCUT2D eigenvalue weighted by molar-refractivity contribution is -0.135. The van der Waals surface area contributed by atoms with Gasteiger partial charge in [-0.1, -0.05) is 31.5 Å². The van der Waals surface area contributed by atoms with Crippen LogP contribution in [-0.4, -0.2) is 89.6 Å². The molecule has 1 atom stereocenters. The molecular weight excluding hydrogens is 594 g/mol. The number of tetrazole rings is 1. The number of rotatable bonds is 9. The fourth-order valence-corrected chi connectivity index (χ4v) is 7.59. The number of ether oxygens (including phenoxy) is 1. The lowest BCUT2D eigenvalue weighted by Crippen LogP contribution is -2.49. The first-order valence-electron chi connectivity index (χ1n) is 16.9. The van der Waals surface area contributed by atoms with Crippen LogP contribution < -0.4 is 4.74 Å². The van der Waals surface area contributed by atoms with Crippen LogP contribution in [0.4, 0.5) is 0 Å². The zero-order valence-corrected chi connectivity index (χ0v) is 27.3. The van der Waals surface area contributed by atoms with E-state index < -0.39 is 0 Å². The molecule has 0 unspecified atom stereocenters. The summed E-state index contributed by atoms with van der Waals surface area (Å²) in [6.07, 6.45) is 5.93. The van der Waals surface area contributed by atoms with E-state index in [9.17, 15) is 9.59 Å². The van der Waals surface area contributed by atoms with E-state index in [0.717, 1.165) is 55.0 Å². The van der Waals surface area contributed by atoms with E-state index >= 15 is 0 Å². The summed E-state index contributed by atoms with van der Waals surface area (Å²) < 4.78 is 10.4. The number of aromatic nitrogens is 7. The van der Waals surface area contributed by atoms with Gasteiger partial charge in [0.25, 0.3) is 5.91 Å². The largest absolute Gasteiger partial charge is 0.494 e. The smallest absolute Gasteiger partial charge is 0.254 e. The number of nitrogens with one attached hydrogen (secondary N) is 1. The normalized spacial score (nSPS) is 18.7. The molecule has 2 saturated heterocycles. The molecule has 5 aromatic rings. The van der Waals surface area contributed by atoms with Crippen molar-refractivity contribution >= 4 is 33.8 Å². The Morgan fingerprint density at radius 2 is 1.87 bits per heavy atom. The highest BCUT2D eigenvalue weighted by atomic mass is 16.5. The van der Waals surface area contributed by atoms with Gasteiger partial charge in [0.15, 0.2) is 11.6 Å². The number of methoxy groups -OCH3 is 1. The van der Waals surface area contributed by atoms with Gasteiger partial charge in [-0.15, -0.1) is 5.10 Å². The van der Waals surface area contributed by atoms with Crippen LogP contribution in [0.25, 0.3) is 33.5 Å². The first kappa shape index (κ1) is 29.6. The van der Waals surface area contributed by atoms with Crippen LogP contribution in [0.5, 0.6) is 5.75 Å². The number of imidazole rings is 1. The van der Waals surface area contributed by atoms with Gasteiger partial charge >= 0.3 is 0 Å². The molecule has 2 aliphatic heterocycles. The number of fused-ring (bicyclic) bond motifs is 2. The Balaban J connectivity index is 1.15. The van der Waals surface area contributed by atoms with Crippen LogP contribution in [0.15, 0.2) is 36.4 Å². The molecule has 1 aliphatic carbocycles. The molecule has 2 amide bonds. The maximum Gasteiger partial charge on any atom is 0.254 e. The van der Waals surface area contributed by atoms with Crippen LogP contribution in [0.3, 0.4) is 0 Å². The third-order valence-electron chi connectivity index (χ3n) is 10.5. The van der Waals surface area contributed by atoms with Gasteiger partial charge in [0.2, 0.25) is 5.91 Å². The summed E-state index contributed by atoms with van der Waals surface area (Å²) in [5.41, 5.74) is 5.79. The molecule has 244 valence electrons. The number of para-hydroxylation sites is 1. The molecule has 2 aromatic carbocycles. The lowest BCUT2D eigenvalue weighted by atomic mass is 9.89. The molecule has 1 N–H and O–H groups in total. The fraction of sp³-hybridized carbons (Fsp3) is 0.486. The fourth-order valence-electron chi connectivity index (χ4n) is 7.59. The standard InChI is InChI=1S/C35H41N9O3/c1-4-21-7-6-12-42(17-21)35(46)24-13-27-33(29(15-24)47-3)41(2)34(36-27)28-14-23-8-5-9-26(32(23)44(28)18-22-10-11-22)25-19-43(20-25)31(45)16-30-37-39-40-38-30/h5,8-9,13-15,21-22,25H,4,6-7,10-12,16-20H2,1-3H3,(H,37,38,39,40)/t21-/m1/s1. The van der Waals surface area contributed by atoms with E-state index in [1.54, 1.807) is 7.11 Å². The molecule has 12 heteroatoms. The average Bonchev–Trinajstić information content (AvgIpc) is 3.43. The third-order valence-corrected chi connectivity index (χ3v) is 10.5. The van der Waals surface area contributed by atoms with E-state index in [1.807, 2.05) is 29.0 Å². The number of aromatic amines is 1. The molecule has 0 radical (unpaired) electrons. The maximum atomic E-state index is 13.7. The Hall–Kier alpha value is -4.74. The van der Waals surface area contributed by atoms with Crippen molar-refractivity contribution < 1.29 is 14.3 Å². The van der Waals surface area contributed by atoms with Gasteiger partial charge in [-0.25, -0.2) is 10.1 Å². The van der Waals surface area contributed by atoms with Crippen molar-refractivity contribution in [1.29, 1.82) is 0 Å². The van der Waals surface area contributed by atoms with Gasteiger partial charge in [-0.2, -0.15) is 0 Å². The summed E-state index contributed by atoms with van der Waals surface area (Å²) in [5.74, 6) is 3.49. The van der Waals surface area contributed by atoms with Crippen molar-refractivity contribution in [2.24, 2.45) is 18.9 Å². The van der Waals surface area contributed by atoms with Crippen molar-refractivity contribution in [1.82, 2.24) is 44.5 Å². The molecular formula is C35H41N9O3. The van der Waals surface area contributed by atoms with E-state index in [2.05, 4.69) is 60.9 Å². The number of amides is 2. The summed E-state index contributed by atoms with van der Waals surface area (Å²) in [6.45, 7) is 6.05. The summed E-state index contributed by atoms with van der Waals surface area (Å²) in [4.78, 5) is 35.6. The van der Waals surface area contributed by atoms with Crippen molar-refractivity contribution in [2.75, 3.05) is 33.3 Å². The molecule has 3 aliphatic rings. The molecule has 12 nitrogen and oxygen atoms in total. The Kier molecular flexibility index (Phi) is 7.45. The lowest BCUT2D eigenvalue weighted by Gasteiger charge is -2.40. The van der Waals surface area contributed by atoms with Gasteiger partial charge in [0.1, 0.15) is 11.3 Å². The summed E-state index contributed by atoms with van der Waals surface area (Å²) >= 11 is 0. The SMILES string of the molecule is CC[C@@H]1CCCN(C(=O)c2cc(OC)c3c(c2)nc(-c2cc4cccc(C5CN(C(=O)Cc6nnn[nH]6)C5)c4n2CC2CC2)n3C)C1. The number of nitrogens with zero attached hydrogens (tertiary/aromatic N) is 8. The van der Waals surface area contributed by atoms with Crippen LogP contribution >= 0.6 is 0 Å². The Labute approximate surface area is 273 Å². The second-order valence-corrected chi connectivity index (χ2v) is 13.6. The molecule has 5 heterocycles. The van der Waals surface area contributed by atoms with Crippen molar-refractivity contribution in [3.05, 3.63) is 53.3 Å². The third kappa shape index (κ3) is 5.33. The van der Waals surface area contributed by atoms with Gasteiger partial charge < -0.3 is 23.7 Å². The minimum absolute atomic E-state index is 0.0259. The Morgan fingerprint density at radius 3 is 2.62 bits per heavy atom. The monoisotopic (exact) mass is 635 g/mol. The number of likely N-dealkylation sites (tertiary alicyclic amines) is 2. The highest BCUT2D eigenvalue weighted by Gasteiger charge is 2.35.